The van der Waals surface area contributed by atoms with E-state index in [1.54, 1.807) is 0 Å². The second-order valence-corrected chi connectivity index (χ2v) is 14.2. The fourth-order valence-corrected chi connectivity index (χ4v) is 8.55. The number of hydrogen-bond acceptors (Lipinski definition) is 4. The Morgan fingerprint density at radius 1 is 0.351 bits per heavy atom. The number of benzene rings is 6. The number of aromatic nitrogens is 5. The molecule has 5 heteroatoms. The summed E-state index contributed by atoms with van der Waals surface area (Å²) in [5.41, 5.74) is 11.5. The van der Waals surface area contributed by atoms with Gasteiger partial charge in [0.15, 0.2) is 0 Å². The van der Waals surface area contributed by atoms with Gasteiger partial charge in [0.05, 0.1) is 28.3 Å². The van der Waals surface area contributed by atoms with Gasteiger partial charge in [0.2, 0.25) is 0 Å². The summed E-state index contributed by atoms with van der Waals surface area (Å²) in [6, 6.07) is 62.3. The number of rotatable bonds is 6. The largest absolute Gasteiger partial charge is 0.292 e. The SMILES string of the molecule is c1ccc(-c2c(-c3ccccc3)n(-c3cccc(-c4ccncc4)n3)c3c4ccccc4c4cc(-c5cccc(-c6ccncc6)n5)c5ccccc5c4c23)cc1. The van der Waals surface area contributed by atoms with Crippen molar-refractivity contribution in [3.05, 3.63) is 201 Å². The minimum Gasteiger partial charge on any atom is -0.292 e. The van der Waals surface area contributed by atoms with Crippen LogP contribution in [0.5, 0.6) is 0 Å². The molecule has 0 unspecified atom stereocenters. The van der Waals surface area contributed by atoms with Gasteiger partial charge in [-0.05, 0) is 87.3 Å². The van der Waals surface area contributed by atoms with E-state index in [2.05, 4.69) is 166 Å². The minimum absolute atomic E-state index is 0.845. The number of fused-ring (bicyclic) bond motifs is 8. The van der Waals surface area contributed by atoms with Gasteiger partial charge in [0.25, 0.3) is 0 Å². The summed E-state index contributed by atoms with van der Waals surface area (Å²) in [5, 5.41) is 8.20. The first-order valence-electron chi connectivity index (χ1n) is 19.1. The number of nitrogens with zero attached hydrogens (tertiary/aromatic N) is 5. The monoisotopic (exact) mass is 727 g/mol. The molecule has 266 valence electrons. The Kier molecular flexibility index (Phi) is 7.74. The van der Waals surface area contributed by atoms with Crippen molar-refractivity contribution in [3.8, 4) is 62.0 Å². The van der Waals surface area contributed by atoms with Crippen LogP contribution < -0.4 is 0 Å². The lowest BCUT2D eigenvalue weighted by Crippen LogP contribution is -2.02. The quantitative estimate of drug-likeness (QED) is 0.160. The van der Waals surface area contributed by atoms with E-state index < -0.39 is 0 Å². The van der Waals surface area contributed by atoms with Crippen LogP contribution in [0.4, 0.5) is 0 Å². The highest BCUT2D eigenvalue weighted by Crippen LogP contribution is 2.51. The van der Waals surface area contributed by atoms with Crippen molar-refractivity contribution in [3.63, 3.8) is 0 Å². The lowest BCUT2D eigenvalue weighted by molar-refractivity contribution is 1.06. The zero-order chi connectivity index (χ0) is 37.7. The average Bonchev–Trinajstić information content (AvgIpc) is 3.66. The Bertz CT molecular complexity index is 3270. The summed E-state index contributed by atoms with van der Waals surface area (Å²) in [5.74, 6) is 0.845. The third kappa shape index (κ3) is 5.40. The van der Waals surface area contributed by atoms with E-state index in [1.165, 1.54) is 32.5 Å². The molecule has 0 N–H and O–H groups in total. The summed E-state index contributed by atoms with van der Waals surface area (Å²) in [7, 11) is 0. The Morgan fingerprint density at radius 3 is 1.58 bits per heavy atom. The Hall–Kier alpha value is -7.76. The summed E-state index contributed by atoms with van der Waals surface area (Å²) < 4.78 is 2.40. The first-order valence-corrected chi connectivity index (χ1v) is 19.1. The van der Waals surface area contributed by atoms with E-state index in [-0.39, 0.29) is 0 Å². The molecule has 0 aliphatic carbocycles. The molecule has 0 aliphatic heterocycles. The van der Waals surface area contributed by atoms with Crippen molar-refractivity contribution < 1.29 is 0 Å². The van der Waals surface area contributed by atoms with Gasteiger partial charge in [-0.25, -0.2) is 9.97 Å². The molecule has 0 saturated carbocycles. The molecular weight excluding hydrogens is 695 g/mol. The average molecular weight is 728 g/mol. The molecule has 57 heavy (non-hydrogen) atoms. The summed E-state index contributed by atoms with van der Waals surface area (Å²) >= 11 is 0. The molecule has 6 aromatic carbocycles. The topological polar surface area (TPSA) is 56.5 Å². The molecule has 5 nitrogen and oxygen atoms in total. The minimum atomic E-state index is 0.845. The molecule has 5 heterocycles. The van der Waals surface area contributed by atoms with Crippen LogP contribution >= 0.6 is 0 Å². The standard InChI is InChI=1S/C52H33N5/c1-3-13-36(14-4-1)48-50-49-40-19-9-7-17-38(40)42(46-23-11-21-44(55-46)34-25-29-53-30-26-34)33-43(49)39-18-8-10-20-41(39)52(50)57(51(48)37-15-5-2-6-16-37)47-24-12-22-45(56-47)35-27-31-54-32-28-35/h1-33H. The predicted molar refractivity (Wildman–Crippen MR) is 234 cm³/mol. The normalized spacial score (nSPS) is 11.5. The van der Waals surface area contributed by atoms with Crippen LogP contribution in [0.3, 0.4) is 0 Å². The van der Waals surface area contributed by atoms with E-state index in [1.807, 2.05) is 49.1 Å². The molecule has 0 bridgehead atoms. The number of hydrogen-bond donors (Lipinski definition) is 0. The second-order valence-electron chi connectivity index (χ2n) is 14.2. The van der Waals surface area contributed by atoms with Crippen molar-refractivity contribution in [1.29, 1.82) is 0 Å². The Labute approximate surface area is 329 Å². The van der Waals surface area contributed by atoms with E-state index in [0.29, 0.717) is 0 Å². The number of pyridine rings is 4. The van der Waals surface area contributed by atoms with Crippen molar-refractivity contribution in [2.24, 2.45) is 0 Å². The molecule has 0 aliphatic rings. The first-order chi connectivity index (χ1) is 28.3. The highest BCUT2D eigenvalue weighted by molar-refractivity contribution is 6.36. The highest BCUT2D eigenvalue weighted by atomic mass is 15.1. The second kappa shape index (κ2) is 13.5. The van der Waals surface area contributed by atoms with Crippen LogP contribution in [0.25, 0.3) is 105 Å². The van der Waals surface area contributed by atoms with Crippen LogP contribution in [0.15, 0.2) is 201 Å². The smallest absolute Gasteiger partial charge is 0.138 e. The molecule has 0 saturated heterocycles. The van der Waals surface area contributed by atoms with E-state index >= 15 is 0 Å². The molecule has 0 radical (unpaired) electrons. The first kappa shape index (κ1) is 32.7. The summed E-state index contributed by atoms with van der Waals surface area (Å²) in [6.45, 7) is 0. The van der Waals surface area contributed by atoms with E-state index in [0.717, 1.165) is 72.7 Å². The fraction of sp³-hybridized carbons (Fsp3) is 0. The fourth-order valence-electron chi connectivity index (χ4n) is 8.55. The van der Waals surface area contributed by atoms with Gasteiger partial charge in [-0.15, -0.1) is 0 Å². The maximum Gasteiger partial charge on any atom is 0.138 e. The molecule has 0 fully saturated rings. The van der Waals surface area contributed by atoms with Crippen LogP contribution in [-0.2, 0) is 0 Å². The van der Waals surface area contributed by atoms with Gasteiger partial charge in [0, 0.05) is 63.2 Å². The molecule has 11 aromatic rings. The van der Waals surface area contributed by atoms with Gasteiger partial charge in [-0.2, -0.15) is 0 Å². The van der Waals surface area contributed by atoms with Crippen molar-refractivity contribution >= 4 is 43.2 Å². The van der Waals surface area contributed by atoms with Crippen molar-refractivity contribution in [1.82, 2.24) is 24.5 Å². The van der Waals surface area contributed by atoms with Gasteiger partial charge >= 0.3 is 0 Å². The molecule has 11 rings (SSSR count). The zero-order valence-electron chi connectivity index (χ0n) is 30.8. The van der Waals surface area contributed by atoms with Gasteiger partial charge < -0.3 is 0 Å². The Balaban J connectivity index is 1.34. The molecular formula is C52H33N5. The summed E-state index contributed by atoms with van der Waals surface area (Å²) in [6.07, 6.45) is 7.28. The predicted octanol–water partition coefficient (Wildman–Crippen LogP) is 13.0. The third-order valence-corrected chi connectivity index (χ3v) is 11.0. The van der Waals surface area contributed by atoms with Gasteiger partial charge in [0.1, 0.15) is 5.82 Å². The molecule has 0 amide bonds. The van der Waals surface area contributed by atoms with E-state index in [4.69, 9.17) is 9.97 Å². The summed E-state index contributed by atoms with van der Waals surface area (Å²) in [4.78, 5) is 19.2. The van der Waals surface area contributed by atoms with Crippen LogP contribution in [0.2, 0.25) is 0 Å². The third-order valence-electron chi connectivity index (χ3n) is 11.0. The maximum absolute atomic E-state index is 5.42. The van der Waals surface area contributed by atoms with Crippen LogP contribution in [0, 0.1) is 0 Å². The lowest BCUT2D eigenvalue weighted by Gasteiger charge is -2.17. The van der Waals surface area contributed by atoms with E-state index in [9.17, 15) is 0 Å². The maximum atomic E-state index is 5.42. The van der Waals surface area contributed by atoms with Gasteiger partial charge in [-0.3, -0.25) is 14.5 Å². The van der Waals surface area contributed by atoms with Gasteiger partial charge in [-0.1, -0.05) is 121 Å². The van der Waals surface area contributed by atoms with Crippen molar-refractivity contribution in [2.75, 3.05) is 0 Å². The van der Waals surface area contributed by atoms with Crippen LogP contribution in [0.1, 0.15) is 0 Å². The molecule has 5 aromatic heterocycles. The van der Waals surface area contributed by atoms with Crippen LogP contribution in [-0.4, -0.2) is 24.5 Å². The zero-order valence-corrected chi connectivity index (χ0v) is 30.8. The molecule has 0 atom stereocenters. The lowest BCUT2D eigenvalue weighted by atomic mass is 9.87. The Morgan fingerprint density at radius 2 is 0.895 bits per heavy atom. The highest BCUT2D eigenvalue weighted by Gasteiger charge is 2.27. The molecule has 0 spiro atoms. The van der Waals surface area contributed by atoms with Crippen molar-refractivity contribution in [2.45, 2.75) is 0 Å².